The van der Waals surface area contributed by atoms with Crippen molar-refractivity contribution in [3.05, 3.63) is 0 Å². The van der Waals surface area contributed by atoms with Gasteiger partial charge in [0.1, 0.15) is 0 Å². The van der Waals surface area contributed by atoms with Crippen molar-refractivity contribution < 1.29 is 4.79 Å². The van der Waals surface area contributed by atoms with Crippen LogP contribution in [0.5, 0.6) is 0 Å². The number of hydrogen-bond donors (Lipinski definition) is 1. The monoisotopic (exact) mass is 305 g/mol. The second-order valence-corrected chi connectivity index (χ2v) is 6.01. The van der Waals surface area contributed by atoms with Gasteiger partial charge in [-0.1, -0.05) is 6.92 Å². The summed E-state index contributed by atoms with van der Waals surface area (Å²) in [4.78, 5) is 16.7. The number of hydrogen-bond acceptors (Lipinski definition) is 5. The largest absolute Gasteiger partial charge is 0.355 e. The molecule has 0 aromatic rings. The molecular weight excluding hydrogens is 278 g/mol. The van der Waals surface area contributed by atoms with Gasteiger partial charge in [-0.15, -0.1) is 12.3 Å². The molecule has 0 aliphatic carbocycles. The van der Waals surface area contributed by atoms with Crippen molar-refractivity contribution in [2.75, 3.05) is 45.8 Å². The third-order valence-corrected chi connectivity index (χ3v) is 4.47. The molecule has 6 nitrogen and oxygen atoms in total. The molecule has 6 heteroatoms. The summed E-state index contributed by atoms with van der Waals surface area (Å²) in [6.45, 7) is 9.42. The Morgan fingerprint density at radius 1 is 1.23 bits per heavy atom. The van der Waals surface area contributed by atoms with Crippen molar-refractivity contribution in [3.8, 4) is 12.3 Å². The molecule has 0 bridgehead atoms. The van der Waals surface area contributed by atoms with E-state index in [4.69, 9.17) is 6.42 Å². The maximum absolute atomic E-state index is 11.9. The predicted molar refractivity (Wildman–Crippen MR) is 86.5 cm³/mol. The number of piperazine rings is 1. The zero-order chi connectivity index (χ0) is 15.8. The SMILES string of the molecule is C#CCCC1(CCC(=O)NCCN2CCN(CC)CC2)N=N1. The quantitative estimate of drug-likeness (QED) is 0.649. The van der Waals surface area contributed by atoms with E-state index in [9.17, 15) is 4.79 Å². The molecule has 0 atom stereocenters. The Morgan fingerprint density at radius 2 is 1.91 bits per heavy atom. The van der Waals surface area contributed by atoms with Crippen LogP contribution in [0.3, 0.4) is 0 Å². The van der Waals surface area contributed by atoms with Crippen LogP contribution in [0.15, 0.2) is 10.2 Å². The summed E-state index contributed by atoms with van der Waals surface area (Å²) in [6, 6.07) is 0. The van der Waals surface area contributed by atoms with Crippen LogP contribution in [0.2, 0.25) is 0 Å². The molecule has 2 heterocycles. The number of amides is 1. The normalized spacial score (nSPS) is 20.5. The number of rotatable bonds is 9. The molecule has 22 heavy (non-hydrogen) atoms. The molecule has 0 radical (unpaired) electrons. The smallest absolute Gasteiger partial charge is 0.220 e. The highest BCUT2D eigenvalue weighted by Gasteiger charge is 2.39. The lowest BCUT2D eigenvalue weighted by atomic mass is 10.0. The van der Waals surface area contributed by atoms with Gasteiger partial charge < -0.3 is 10.2 Å². The van der Waals surface area contributed by atoms with Gasteiger partial charge in [0, 0.05) is 65.0 Å². The predicted octanol–water partition coefficient (Wildman–Crippen LogP) is 1.10. The summed E-state index contributed by atoms with van der Waals surface area (Å²) in [5, 5.41) is 11.1. The van der Waals surface area contributed by atoms with Crippen LogP contribution in [-0.2, 0) is 4.79 Å². The van der Waals surface area contributed by atoms with E-state index in [0.717, 1.165) is 52.2 Å². The lowest BCUT2D eigenvalue weighted by Crippen LogP contribution is -2.48. The lowest BCUT2D eigenvalue weighted by molar-refractivity contribution is -0.121. The van der Waals surface area contributed by atoms with Gasteiger partial charge in [0.15, 0.2) is 5.66 Å². The van der Waals surface area contributed by atoms with E-state index in [1.54, 1.807) is 0 Å². The van der Waals surface area contributed by atoms with Crippen LogP contribution in [0.4, 0.5) is 0 Å². The Kier molecular flexibility index (Phi) is 6.34. The first-order valence-corrected chi connectivity index (χ1v) is 8.26. The van der Waals surface area contributed by atoms with Crippen LogP contribution in [0.1, 0.15) is 32.6 Å². The number of carbonyl (C=O) groups is 1. The Labute approximate surface area is 133 Å². The first-order valence-electron chi connectivity index (χ1n) is 8.26. The van der Waals surface area contributed by atoms with E-state index in [0.29, 0.717) is 19.3 Å². The Morgan fingerprint density at radius 3 is 2.50 bits per heavy atom. The highest BCUT2D eigenvalue weighted by atomic mass is 16.1. The number of nitrogens with one attached hydrogen (secondary N) is 1. The topological polar surface area (TPSA) is 60.3 Å². The molecule has 0 spiro atoms. The van der Waals surface area contributed by atoms with E-state index in [-0.39, 0.29) is 11.6 Å². The van der Waals surface area contributed by atoms with Crippen molar-refractivity contribution in [2.24, 2.45) is 10.2 Å². The zero-order valence-corrected chi connectivity index (χ0v) is 13.6. The van der Waals surface area contributed by atoms with Crippen molar-refractivity contribution in [3.63, 3.8) is 0 Å². The fourth-order valence-corrected chi connectivity index (χ4v) is 2.75. The molecule has 2 aliphatic heterocycles. The van der Waals surface area contributed by atoms with Gasteiger partial charge in [-0.05, 0) is 6.54 Å². The molecule has 122 valence electrons. The number of likely N-dealkylation sites (N-methyl/N-ethyl adjacent to an activating group) is 1. The minimum absolute atomic E-state index is 0.0876. The second kappa shape index (κ2) is 8.25. The molecular formula is C16H27N5O. The van der Waals surface area contributed by atoms with Crippen molar-refractivity contribution in [1.82, 2.24) is 15.1 Å². The average Bonchev–Trinajstić information content (AvgIpc) is 3.32. The minimum atomic E-state index is -0.347. The van der Waals surface area contributed by atoms with Gasteiger partial charge in [0.05, 0.1) is 0 Å². The third kappa shape index (κ3) is 5.39. The number of nitrogens with zero attached hydrogens (tertiary/aromatic N) is 4. The molecule has 0 aromatic carbocycles. The molecule has 0 unspecified atom stereocenters. The molecule has 1 amide bonds. The van der Waals surface area contributed by atoms with Gasteiger partial charge in [-0.2, -0.15) is 10.2 Å². The van der Waals surface area contributed by atoms with E-state index in [1.807, 2.05) is 0 Å². The fourth-order valence-electron chi connectivity index (χ4n) is 2.75. The summed E-state index contributed by atoms with van der Waals surface area (Å²) in [7, 11) is 0. The van der Waals surface area contributed by atoms with Crippen LogP contribution in [0, 0.1) is 12.3 Å². The first-order chi connectivity index (χ1) is 10.7. The van der Waals surface area contributed by atoms with Gasteiger partial charge >= 0.3 is 0 Å². The van der Waals surface area contributed by atoms with Gasteiger partial charge in [-0.3, -0.25) is 9.69 Å². The maximum Gasteiger partial charge on any atom is 0.220 e. The van der Waals surface area contributed by atoms with E-state index < -0.39 is 0 Å². The van der Waals surface area contributed by atoms with Gasteiger partial charge in [0.25, 0.3) is 0 Å². The lowest BCUT2D eigenvalue weighted by Gasteiger charge is -2.33. The van der Waals surface area contributed by atoms with E-state index in [2.05, 4.69) is 38.2 Å². The molecule has 1 saturated heterocycles. The first kappa shape index (κ1) is 16.9. The zero-order valence-electron chi connectivity index (χ0n) is 13.6. The summed E-state index contributed by atoms with van der Waals surface area (Å²) in [5.74, 6) is 2.69. The molecule has 1 N–H and O–H groups in total. The second-order valence-electron chi connectivity index (χ2n) is 6.01. The number of carbonyl (C=O) groups excluding carboxylic acids is 1. The summed E-state index contributed by atoms with van der Waals surface area (Å²) in [6.07, 6.45) is 7.83. The highest BCUT2D eigenvalue weighted by molar-refractivity contribution is 5.75. The maximum atomic E-state index is 11.9. The molecule has 1 fully saturated rings. The highest BCUT2D eigenvalue weighted by Crippen LogP contribution is 2.37. The van der Waals surface area contributed by atoms with Crippen LogP contribution >= 0.6 is 0 Å². The summed E-state index contributed by atoms with van der Waals surface area (Å²) < 4.78 is 0. The summed E-state index contributed by atoms with van der Waals surface area (Å²) in [5.41, 5.74) is -0.347. The molecule has 0 saturated carbocycles. The van der Waals surface area contributed by atoms with Crippen molar-refractivity contribution in [1.29, 1.82) is 0 Å². The fraction of sp³-hybridized carbons (Fsp3) is 0.812. The Balaban J connectivity index is 1.52. The van der Waals surface area contributed by atoms with Crippen LogP contribution < -0.4 is 5.32 Å². The van der Waals surface area contributed by atoms with Crippen LogP contribution in [0.25, 0.3) is 0 Å². The molecule has 2 rings (SSSR count). The Hall–Kier alpha value is -1.45. The van der Waals surface area contributed by atoms with Crippen molar-refractivity contribution in [2.45, 2.75) is 38.3 Å². The van der Waals surface area contributed by atoms with Crippen LogP contribution in [-0.4, -0.2) is 67.2 Å². The molecule has 2 aliphatic rings. The number of terminal acetylenes is 1. The summed E-state index contributed by atoms with van der Waals surface area (Å²) >= 11 is 0. The molecule has 0 aromatic heterocycles. The average molecular weight is 305 g/mol. The van der Waals surface area contributed by atoms with E-state index >= 15 is 0 Å². The van der Waals surface area contributed by atoms with E-state index in [1.165, 1.54) is 0 Å². The minimum Gasteiger partial charge on any atom is -0.355 e. The Bertz CT molecular complexity index is 428. The van der Waals surface area contributed by atoms with Gasteiger partial charge in [-0.25, -0.2) is 0 Å². The van der Waals surface area contributed by atoms with Gasteiger partial charge in [0.2, 0.25) is 5.91 Å². The van der Waals surface area contributed by atoms with Crippen molar-refractivity contribution >= 4 is 5.91 Å². The third-order valence-electron chi connectivity index (χ3n) is 4.47. The standard InChI is InChI=1S/C16H27N5O/c1-3-5-7-16(18-19-16)8-6-15(22)17-9-10-21-13-11-20(4-2)12-14-21/h1H,4-14H2,2H3,(H,17,22).